The molecule has 0 aliphatic rings. The van der Waals surface area contributed by atoms with Crippen molar-refractivity contribution >= 4 is 11.6 Å². The fraction of sp³-hybridized carbons (Fsp3) is 0.231. The van der Waals surface area contributed by atoms with Crippen LogP contribution in [0.1, 0.15) is 10.5 Å². The molecule has 0 spiro atoms. The first-order valence-corrected chi connectivity index (χ1v) is 5.77. The van der Waals surface area contributed by atoms with Crippen molar-refractivity contribution in [2.75, 3.05) is 19.0 Å². The Labute approximate surface area is 110 Å². The third kappa shape index (κ3) is 3.38. The van der Waals surface area contributed by atoms with Crippen LogP contribution in [0.4, 0.5) is 10.1 Å². The highest BCUT2D eigenvalue weighted by molar-refractivity contribution is 6.03. The van der Waals surface area contributed by atoms with Crippen molar-refractivity contribution in [3.63, 3.8) is 0 Å². The minimum absolute atomic E-state index is 0.269. The van der Waals surface area contributed by atoms with Crippen LogP contribution in [-0.2, 0) is 11.3 Å². The van der Waals surface area contributed by atoms with E-state index in [-0.39, 0.29) is 5.91 Å². The summed E-state index contributed by atoms with van der Waals surface area (Å²) in [7, 11) is 1.60. The van der Waals surface area contributed by atoms with Crippen molar-refractivity contribution in [2.24, 2.45) is 0 Å². The molecule has 6 heteroatoms. The van der Waals surface area contributed by atoms with Gasteiger partial charge in [-0.3, -0.25) is 4.79 Å². The van der Waals surface area contributed by atoms with Crippen molar-refractivity contribution in [3.05, 3.63) is 48.3 Å². The van der Waals surface area contributed by atoms with Crippen molar-refractivity contribution in [2.45, 2.75) is 6.54 Å². The third-order valence-corrected chi connectivity index (χ3v) is 2.58. The first kappa shape index (κ1) is 13.2. The van der Waals surface area contributed by atoms with E-state index < -0.39 is 5.95 Å². The van der Waals surface area contributed by atoms with Crippen LogP contribution < -0.4 is 5.32 Å². The molecule has 2 heterocycles. The number of ether oxygens (including phenoxy) is 1. The maximum atomic E-state index is 12.7. The lowest BCUT2D eigenvalue weighted by Crippen LogP contribution is -2.18. The molecule has 0 aliphatic heterocycles. The van der Waals surface area contributed by atoms with Gasteiger partial charge in [0.2, 0.25) is 5.95 Å². The van der Waals surface area contributed by atoms with E-state index >= 15 is 0 Å². The number of halogens is 1. The van der Waals surface area contributed by atoms with E-state index in [9.17, 15) is 9.18 Å². The van der Waals surface area contributed by atoms with Gasteiger partial charge in [-0.25, -0.2) is 4.98 Å². The molecule has 0 bridgehead atoms. The maximum absolute atomic E-state index is 12.7. The zero-order valence-corrected chi connectivity index (χ0v) is 10.5. The van der Waals surface area contributed by atoms with E-state index in [4.69, 9.17) is 4.74 Å². The van der Waals surface area contributed by atoms with Crippen LogP contribution in [0.3, 0.4) is 0 Å². The Bertz CT molecular complexity index is 551. The Morgan fingerprint density at radius 2 is 2.32 bits per heavy atom. The van der Waals surface area contributed by atoms with Gasteiger partial charge in [0, 0.05) is 19.9 Å². The van der Waals surface area contributed by atoms with Gasteiger partial charge in [-0.05, 0) is 24.3 Å². The average molecular weight is 263 g/mol. The zero-order chi connectivity index (χ0) is 13.7. The fourth-order valence-electron chi connectivity index (χ4n) is 1.65. The Hall–Kier alpha value is -2.21. The molecule has 0 saturated heterocycles. The van der Waals surface area contributed by atoms with Gasteiger partial charge in [0.05, 0.1) is 18.5 Å². The number of aromatic nitrogens is 2. The van der Waals surface area contributed by atoms with E-state index in [1.165, 1.54) is 18.3 Å². The van der Waals surface area contributed by atoms with Gasteiger partial charge < -0.3 is 14.6 Å². The van der Waals surface area contributed by atoms with E-state index in [1.54, 1.807) is 30.0 Å². The molecule has 100 valence electrons. The molecule has 0 aliphatic carbocycles. The van der Waals surface area contributed by atoms with Crippen LogP contribution in [0.5, 0.6) is 0 Å². The number of nitrogens with zero attached hydrogens (tertiary/aromatic N) is 2. The molecule has 0 unspecified atom stereocenters. The number of nitrogens with one attached hydrogen (secondary N) is 1. The molecule has 0 aromatic carbocycles. The van der Waals surface area contributed by atoms with E-state index in [0.29, 0.717) is 24.5 Å². The largest absolute Gasteiger partial charge is 0.383 e. The maximum Gasteiger partial charge on any atom is 0.272 e. The van der Waals surface area contributed by atoms with E-state index in [0.717, 1.165) is 0 Å². The summed E-state index contributed by atoms with van der Waals surface area (Å²) in [5, 5.41) is 2.66. The predicted molar refractivity (Wildman–Crippen MR) is 68.5 cm³/mol. The van der Waals surface area contributed by atoms with Crippen molar-refractivity contribution in [1.29, 1.82) is 0 Å². The summed E-state index contributed by atoms with van der Waals surface area (Å²) in [4.78, 5) is 15.5. The van der Waals surface area contributed by atoms with Gasteiger partial charge in [0.1, 0.15) is 5.69 Å². The second-order valence-electron chi connectivity index (χ2n) is 3.90. The van der Waals surface area contributed by atoms with Gasteiger partial charge in [-0.2, -0.15) is 4.39 Å². The molecule has 1 amide bonds. The predicted octanol–water partition coefficient (Wildman–Crippen LogP) is 1.92. The van der Waals surface area contributed by atoms with Crippen LogP contribution in [-0.4, -0.2) is 29.2 Å². The normalized spacial score (nSPS) is 10.4. The number of hydrogen-bond donors (Lipinski definition) is 1. The minimum atomic E-state index is -0.582. The van der Waals surface area contributed by atoms with Gasteiger partial charge in [-0.1, -0.05) is 0 Å². The number of hydrogen-bond acceptors (Lipinski definition) is 3. The highest BCUT2D eigenvalue weighted by atomic mass is 19.1. The van der Waals surface area contributed by atoms with Crippen LogP contribution in [0.2, 0.25) is 0 Å². The number of rotatable bonds is 5. The molecule has 0 saturated carbocycles. The topological polar surface area (TPSA) is 56.1 Å². The van der Waals surface area contributed by atoms with E-state index in [2.05, 4.69) is 10.3 Å². The Morgan fingerprint density at radius 1 is 1.47 bits per heavy atom. The average Bonchev–Trinajstić information content (AvgIpc) is 2.87. The molecular formula is C13H14FN3O2. The van der Waals surface area contributed by atoms with Crippen LogP contribution >= 0.6 is 0 Å². The fourth-order valence-corrected chi connectivity index (χ4v) is 1.65. The zero-order valence-electron chi connectivity index (χ0n) is 10.5. The molecule has 0 radical (unpaired) electrons. The SMILES string of the molecule is COCCn1cccc1C(=O)Nc1ccc(F)nc1. The summed E-state index contributed by atoms with van der Waals surface area (Å²) in [5.41, 5.74) is 0.965. The van der Waals surface area contributed by atoms with Gasteiger partial charge >= 0.3 is 0 Å². The summed E-state index contributed by atoms with van der Waals surface area (Å²) in [6, 6.07) is 6.15. The molecule has 0 atom stereocenters. The molecule has 5 nitrogen and oxygen atoms in total. The second-order valence-corrected chi connectivity index (χ2v) is 3.90. The van der Waals surface area contributed by atoms with Crippen molar-refractivity contribution in [3.8, 4) is 0 Å². The van der Waals surface area contributed by atoms with E-state index in [1.807, 2.05) is 0 Å². The first-order chi connectivity index (χ1) is 9.20. The number of anilines is 1. The number of methoxy groups -OCH3 is 1. The summed E-state index contributed by atoms with van der Waals surface area (Å²) in [5.74, 6) is -0.851. The standard InChI is InChI=1S/C13H14FN3O2/c1-19-8-7-17-6-2-3-11(17)13(18)16-10-4-5-12(14)15-9-10/h2-6,9H,7-8H2,1H3,(H,16,18). The number of pyridine rings is 1. The molecule has 1 N–H and O–H groups in total. The molecule has 0 fully saturated rings. The molecular weight excluding hydrogens is 249 g/mol. The molecule has 2 rings (SSSR count). The molecule has 2 aromatic heterocycles. The lowest BCUT2D eigenvalue weighted by atomic mass is 10.3. The second kappa shape index (κ2) is 6.10. The third-order valence-electron chi connectivity index (χ3n) is 2.58. The minimum Gasteiger partial charge on any atom is -0.383 e. The smallest absolute Gasteiger partial charge is 0.272 e. The van der Waals surface area contributed by atoms with Crippen LogP contribution in [0.25, 0.3) is 0 Å². The highest BCUT2D eigenvalue weighted by Gasteiger charge is 2.11. The van der Waals surface area contributed by atoms with Crippen molar-refractivity contribution < 1.29 is 13.9 Å². The summed E-state index contributed by atoms with van der Waals surface area (Å²) in [6.45, 7) is 1.11. The number of carbonyl (C=O) groups excluding carboxylic acids is 1. The van der Waals surface area contributed by atoms with Gasteiger partial charge in [0.25, 0.3) is 5.91 Å². The quantitative estimate of drug-likeness (QED) is 0.838. The Morgan fingerprint density at radius 3 is 3.00 bits per heavy atom. The number of carbonyl (C=O) groups is 1. The monoisotopic (exact) mass is 263 g/mol. The lowest BCUT2D eigenvalue weighted by molar-refractivity contribution is 0.101. The Kier molecular flexibility index (Phi) is 4.25. The summed E-state index contributed by atoms with van der Waals surface area (Å²) >= 11 is 0. The number of amides is 1. The van der Waals surface area contributed by atoms with Gasteiger partial charge in [0.15, 0.2) is 0 Å². The summed E-state index contributed by atoms with van der Waals surface area (Å²) < 4.78 is 19.4. The molecule has 19 heavy (non-hydrogen) atoms. The Balaban J connectivity index is 2.07. The van der Waals surface area contributed by atoms with Crippen molar-refractivity contribution in [1.82, 2.24) is 9.55 Å². The summed E-state index contributed by atoms with van der Waals surface area (Å²) in [6.07, 6.45) is 3.08. The first-order valence-electron chi connectivity index (χ1n) is 5.77. The van der Waals surface area contributed by atoms with Crippen LogP contribution in [0, 0.1) is 5.95 Å². The highest BCUT2D eigenvalue weighted by Crippen LogP contribution is 2.09. The molecule has 2 aromatic rings. The lowest BCUT2D eigenvalue weighted by Gasteiger charge is -2.09. The van der Waals surface area contributed by atoms with Gasteiger partial charge in [-0.15, -0.1) is 0 Å². The van der Waals surface area contributed by atoms with Crippen LogP contribution in [0.15, 0.2) is 36.7 Å².